The summed E-state index contributed by atoms with van der Waals surface area (Å²) in [7, 11) is 0. The van der Waals surface area contributed by atoms with Gasteiger partial charge in [-0.2, -0.15) is 0 Å². The third-order valence-corrected chi connectivity index (χ3v) is 2.86. The van der Waals surface area contributed by atoms with Gasteiger partial charge in [0.15, 0.2) is 6.29 Å². The highest BCUT2D eigenvalue weighted by Crippen LogP contribution is 2.15. The minimum Gasteiger partial charge on any atom is -0.393 e. The minimum absolute atomic E-state index is 0.0491. The van der Waals surface area contributed by atoms with Gasteiger partial charge < -0.3 is 20.4 Å². The van der Waals surface area contributed by atoms with Gasteiger partial charge in [-0.25, -0.2) is 9.78 Å². The molecule has 0 aromatic carbocycles. The van der Waals surface area contributed by atoms with Crippen LogP contribution in [0.1, 0.15) is 47.0 Å². The van der Waals surface area contributed by atoms with Gasteiger partial charge in [0.2, 0.25) is 0 Å². The molecule has 0 rings (SSSR count). The normalized spacial score (nSPS) is 18.6. The summed E-state index contributed by atoms with van der Waals surface area (Å²) < 4.78 is 0. The Bertz CT molecular complexity index is 219. The van der Waals surface area contributed by atoms with E-state index < -0.39 is 30.7 Å². The first-order valence-corrected chi connectivity index (χ1v) is 6.78. The molecule has 0 aromatic rings. The summed E-state index contributed by atoms with van der Waals surface area (Å²) in [6.07, 6.45) is -2.73. The van der Waals surface area contributed by atoms with E-state index in [1.807, 2.05) is 13.8 Å². The lowest BCUT2D eigenvalue weighted by Crippen LogP contribution is -2.33. The van der Waals surface area contributed by atoms with Gasteiger partial charge >= 0.3 is 0 Å². The fourth-order valence-electron chi connectivity index (χ4n) is 1.69. The zero-order chi connectivity index (χ0) is 15.0. The zero-order valence-electron chi connectivity index (χ0n) is 12.2. The van der Waals surface area contributed by atoms with Gasteiger partial charge in [0.1, 0.15) is 6.10 Å². The van der Waals surface area contributed by atoms with Gasteiger partial charge in [-0.1, -0.05) is 13.8 Å². The van der Waals surface area contributed by atoms with Crippen LogP contribution in [0.2, 0.25) is 0 Å². The lowest BCUT2D eigenvalue weighted by molar-refractivity contribution is -0.365. The van der Waals surface area contributed by atoms with E-state index in [1.165, 1.54) is 0 Å². The van der Waals surface area contributed by atoms with Crippen molar-refractivity contribution in [2.45, 2.75) is 77.7 Å². The smallest absolute Gasteiger partial charge is 0.151 e. The van der Waals surface area contributed by atoms with Crippen LogP contribution in [0.4, 0.5) is 0 Å². The van der Waals surface area contributed by atoms with Crippen molar-refractivity contribution in [1.29, 1.82) is 0 Å². The fourth-order valence-corrected chi connectivity index (χ4v) is 1.69. The van der Waals surface area contributed by atoms with Crippen molar-refractivity contribution in [1.82, 2.24) is 0 Å². The highest BCUT2D eigenvalue weighted by atomic mass is 17.2. The maximum absolute atomic E-state index is 9.77. The van der Waals surface area contributed by atoms with Crippen LogP contribution in [0.5, 0.6) is 0 Å². The quantitative estimate of drug-likeness (QED) is 0.265. The summed E-state index contributed by atoms with van der Waals surface area (Å²) in [6, 6.07) is 0. The van der Waals surface area contributed by atoms with Crippen LogP contribution in [0.25, 0.3) is 0 Å². The Hall–Kier alpha value is -0.240. The molecule has 0 heterocycles. The zero-order valence-corrected chi connectivity index (χ0v) is 12.2. The molecule has 6 nitrogen and oxygen atoms in total. The Labute approximate surface area is 114 Å². The third-order valence-electron chi connectivity index (χ3n) is 2.86. The molecule has 0 fully saturated rings. The van der Waals surface area contributed by atoms with Gasteiger partial charge in [-0.3, -0.25) is 0 Å². The molecule has 0 bridgehead atoms. The van der Waals surface area contributed by atoms with Crippen molar-refractivity contribution in [3.63, 3.8) is 0 Å². The lowest BCUT2D eigenvalue weighted by atomic mass is 10.0. The molecule has 116 valence electrons. The van der Waals surface area contributed by atoms with Crippen LogP contribution >= 0.6 is 0 Å². The van der Waals surface area contributed by atoms with Crippen molar-refractivity contribution in [3.05, 3.63) is 0 Å². The summed E-state index contributed by atoms with van der Waals surface area (Å²) in [5.74, 6) is 0.0491. The van der Waals surface area contributed by atoms with Gasteiger partial charge in [-0.05, 0) is 26.2 Å². The van der Waals surface area contributed by atoms with Crippen LogP contribution in [0, 0.1) is 5.92 Å². The summed E-state index contributed by atoms with van der Waals surface area (Å²) in [5, 5.41) is 36.8. The second kappa shape index (κ2) is 9.63. The van der Waals surface area contributed by atoms with Gasteiger partial charge in [0.25, 0.3) is 0 Å². The van der Waals surface area contributed by atoms with E-state index in [2.05, 4.69) is 0 Å². The van der Waals surface area contributed by atoms with Crippen molar-refractivity contribution < 1.29 is 30.2 Å². The molecule has 0 aliphatic rings. The highest BCUT2D eigenvalue weighted by Gasteiger charge is 2.22. The Morgan fingerprint density at radius 3 is 1.84 bits per heavy atom. The van der Waals surface area contributed by atoms with E-state index in [0.29, 0.717) is 12.8 Å². The number of hydrogen-bond donors (Lipinski definition) is 4. The van der Waals surface area contributed by atoms with Crippen LogP contribution < -0.4 is 0 Å². The maximum atomic E-state index is 9.77. The molecule has 0 aromatic heterocycles. The second-order valence-electron chi connectivity index (χ2n) is 5.40. The average Bonchev–Trinajstić information content (AvgIpc) is 2.30. The topological polar surface area (TPSA) is 99.4 Å². The summed E-state index contributed by atoms with van der Waals surface area (Å²) in [6.45, 7) is 7.07. The second-order valence-corrected chi connectivity index (χ2v) is 5.40. The number of aliphatic hydroxyl groups is 4. The number of rotatable bonds is 10. The van der Waals surface area contributed by atoms with Gasteiger partial charge in [0, 0.05) is 12.8 Å². The Morgan fingerprint density at radius 2 is 1.42 bits per heavy atom. The van der Waals surface area contributed by atoms with Crippen LogP contribution in [-0.2, 0) is 9.78 Å². The summed E-state index contributed by atoms with van der Waals surface area (Å²) in [4.78, 5) is 10.3. The van der Waals surface area contributed by atoms with E-state index in [0.717, 1.165) is 0 Å². The Morgan fingerprint density at radius 1 is 0.842 bits per heavy atom. The molecular formula is C13H28O6. The Balaban J connectivity index is 4.16. The van der Waals surface area contributed by atoms with Crippen LogP contribution in [0.3, 0.4) is 0 Å². The summed E-state index contributed by atoms with van der Waals surface area (Å²) >= 11 is 0. The van der Waals surface area contributed by atoms with Crippen molar-refractivity contribution in [2.24, 2.45) is 5.92 Å². The molecule has 19 heavy (non-hydrogen) atoms. The number of hydrogen-bond acceptors (Lipinski definition) is 6. The molecule has 6 heteroatoms. The van der Waals surface area contributed by atoms with E-state index in [4.69, 9.17) is 20.0 Å². The molecule has 4 unspecified atom stereocenters. The predicted octanol–water partition coefficient (Wildman–Crippen LogP) is 0.570. The molecular weight excluding hydrogens is 252 g/mol. The first-order chi connectivity index (χ1) is 8.73. The molecule has 4 N–H and O–H groups in total. The van der Waals surface area contributed by atoms with Crippen LogP contribution in [0.15, 0.2) is 0 Å². The molecule has 0 saturated carbocycles. The standard InChI is InChI=1S/C13H28O6/c1-8(2)13(17)10(4)18-19-11(7-9(3)14)5-6-12(15)16/h8-17H,5-7H2,1-4H3. The van der Waals surface area contributed by atoms with Gasteiger partial charge in [-0.15, -0.1) is 0 Å². The molecule has 4 atom stereocenters. The largest absolute Gasteiger partial charge is 0.393 e. The highest BCUT2D eigenvalue weighted by molar-refractivity contribution is 4.67. The van der Waals surface area contributed by atoms with Crippen molar-refractivity contribution >= 4 is 0 Å². The van der Waals surface area contributed by atoms with E-state index in [1.54, 1.807) is 13.8 Å². The lowest BCUT2D eigenvalue weighted by Gasteiger charge is -2.25. The van der Waals surface area contributed by atoms with Crippen LogP contribution in [-0.4, -0.2) is 51.1 Å². The molecule has 0 aliphatic carbocycles. The maximum Gasteiger partial charge on any atom is 0.151 e. The van der Waals surface area contributed by atoms with E-state index >= 15 is 0 Å². The summed E-state index contributed by atoms with van der Waals surface area (Å²) in [5.41, 5.74) is 0. The van der Waals surface area contributed by atoms with Crippen molar-refractivity contribution in [2.75, 3.05) is 0 Å². The number of aliphatic hydroxyl groups excluding tert-OH is 3. The molecule has 0 radical (unpaired) electrons. The predicted molar refractivity (Wildman–Crippen MR) is 70.0 cm³/mol. The molecule has 0 saturated heterocycles. The fraction of sp³-hybridized carbons (Fsp3) is 1.00. The first kappa shape index (κ1) is 18.8. The molecule has 0 spiro atoms. The average molecular weight is 280 g/mol. The van der Waals surface area contributed by atoms with Crippen molar-refractivity contribution in [3.8, 4) is 0 Å². The van der Waals surface area contributed by atoms with Gasteiger partial charge in [0.05, 0.1) is 18.3 Å². The van der Waals surface area contributed by atoms with E-state index in [9.17, 15) is 10.2 Å². The molecule has 0 amide bonds. The van der Waals surface area contributed by atoms with E-state index in [-0.39, 0.29) is 12.3 Å². The monoisotopic (exact) mass is 280 g/mol. The minimum atomic E-state index is -1.40. The Kier molecular flexibility index (Phi) is 9.51. The third kappa shape index (κ3) is 9.32. The first-order valence-electron chi connectivity index (χ1n) is 6.78. The molecule has 0 aliphatic heterocycles. The SMILES string of the molecule is CC(O)CC(CCC(O)O)OOC(C)C(O)C(C)C.